The van der Waals surface area contributed by atoms with Crippen LogP contribution in [-0.4, -0.2) is 22.6 Å². The molecule has 4 aromatic carbocycles. The van der Waals surface area contributed by atoms with E-state index in [9.17, 15) is 0 Å². The molecule has 0 aliphatic heterocycles. The number of benzene rings is 4. The fourth-order valence-electron chi connectivity index (χ4n) is 6.21. The highest BCUT2D eigenvalue weighted by atomic mass is 15.0. The Labute approximate surface area is 249 Å². The van der Waals surface area contributed by atoms with Crippen molar-refractivity contribution < 1.29 is 0 Å². The zero-order valence-corrected chi connectivity index (χ0v) is 24.8. The maximum absolute atomic E-state index is 4.96. The molecule has 0 saturated carbocycles. The van der Waals surface area contributed by atoms with Gasteiger partial charge >= 0.3 is 0 Å². The lowest BCUT2D eigenvalue weighted by Crippen LogP contribution is -2.29. The number of hydrogen-bond donors (Lipinski definition) is 2. The van der Waals surface area contributed by atoms with E-state index in [1.807, 2.05) is 0 Å². The van der Waals surface area contributed by atoms with Crippen LogP contribution in [0.2, 0.25) is 0 Å². The van der Waals surface area contributed by atoms with E-state index in [0.29, 0.717) is 0 Å². The molecule has 0 aliphatic rings. The van der Waals surface area contributed by atoms with Crippen molar-refractivity contribution in [3.05, 3.63) is 97.1 Å². The molecule has 0 aliphatic carbocycles. The van der Waals surface area contributed by atoms with Crippen LogP contribution in [0.4, 0.5) is 11.4 Å². The Morgan fingerprint density at radius 2 is 0.905 bits per heavy atom. The van der Waals surface area contributed by atoms with Crippen molar-refractivity contribution in [3.8, 4) is 0 Å². The summed E-state index contributed by atoms with van der Waals surface area (Å²) in [5.41, 5.74) is 6.47. The Morgan fingerprint density at radius 1 is 0.500 bits per heavy atom. The molecule has 4 nitrogen and oxygen atoms in total. The van der Waals surface area contributed by atoms with Gasteiger partial charge in [-0.3, -0.25) is 0 Å². The number of para-hydroxylation sites is 4. The molecule has 6 aromatic rings. The van der Waals surface area contributed by atoms with E-state index >= 15 is 0 Å². The Bertz CT molecular complexity index is 1670. The van der Waals surface area contributed by atoms with E-state index in [4.69, 9.17) is 9.97 Å². The molecule has 0 bridgehead atoms. The van der Waals surface area contributed by atoms with Crippen molar-refractivity contribution in [2.45, 2.75) is 70.8 Å². The van der Waals surface area contributed by atoms with Gasteiger partial charge in [-0.2, -0.15) is 0 Å². The number of unbranched alkanes of at least 4 members (excludes halogenated alkanes) is 7. The highest BCUT2D eigenvalue weighted by Gasteiger charge is 2.16. The van der Waals surface area contributed by atoms with Crippen LogP contribution in [0, 0.1) is 0 Å². The highest BCUT2D eigenvalue weighted by Crippen LogP contribution is 2.33. The first-order chi connectivity index (χ1) is 20.8. The second-order valence-corrected chi connectivity index (χ2v) is 11.5. The average Bonchev–Trinajstić information content (AvgIpc) is 3.03. The molecule has 2 heterocycles. The lowest BCUT2D eigenvalue weighted by atomic mass is 10.0. The van der Waals surface area contributed by atoms with Crippen molar-refractivity contribution in [3.63, 3.8) is 0 Å². The molecule has 6 rings (SSSR count). The van der Waals surface area contributed by atoms with Crippen LogP contribution < -0.4 is 10.6 Å². The zero-order chi connectivity index (χ0) is 28.6. The van der Waals surface area contributed by atoms with Crippen LogP contribution in [0.3, 0.4) is 0 Å². The van der Waals surface area contributed by atoms with E-state index in [2.05, 4.69) is 115 Å². The normalized spacial score (nSPS) is 12.3. The van der Waals surface area contributed by atoms with E-state index < -0.39 is 0 Å². The number of nitrogens with one attached hydrogen (secondary N) is 2. The van der Waals surface area contributed by atoms with Crippen LogP contribution in [0.5, 0.6) is 0 Å². The van der Waals surface area contributed by atoms with Crippen LogP contribution in [0.1, 0.15) is 64.7 Å². The van der Waals surface area contributed by atoms with Gasteiger partial charge in [-0.1, -0.05) is 131 Å². The number of nitrogens with zero attached hydrogens (tertiary/aromatic N) is 2. The third kappa shape index (κ3) is 6.33. The molecule has 0 spiro atoms. The predicted molar refractivity (Wildman–Crippen MR) is 182 cm³/mol. The minimum atomic E-state index is 0.255. The molecule has 0 radical (unpaired) electrons. The van der Waals surface area contributed by atoms with Gasteiger partial charge in [0.1, 0.15) is 0 Å². The van der Waals surface area contributed by atoms with Crippen LogP contribution in [0.15, 0.2) is 97.1 Å². The number of hydrogen-bond acceptors (Lipinski definition) is 4. The maximum atomic E-state index is 4.96. The molecule has 2 N–H and O–H groups in total. The fourth-order valence-corrected chi connectivity index (χ4v) is 6.21. The lowest BCUT2D eigenvalue weighted by molar-refractivity contribution is 0.546. The standard InChI is InChI=1S/C38H42N4/c1-2-3-4-5-6-7-8-9-18-28(40-38-31-21-12-16-25-35(31)42-36-26-17-13-22-32(36)38)27-39-37-29-19-10-14-23-33(29)41-34-24-15-11-20-30(34)37/h10-17,19-26,28H,2-9,18,27H2,1H3,(H,39,41)(H,40,42). The number of aromatic nitrogens is 2. The Balaban J connectivity index is 1.28. The van der Waals surface area contributed by atoms with Gasteiger partial charge in [-0.05, 0) is 30.7 Å². The first kappa shape index (κ1) is 28.0. The largest absolute Gasteiger partial charge is 0.382 e. The molecule has 2 aromatic heterocycles. The quantitative estimate of drug-likeness (QED) is 0.104. The summed E-state index contributed by atoms with van der Waals surface area (Å²) in [6.45, 7) is 3.10. The van der Waals surface area contributed by atoms with Crippen LogP contribution >= 0.6 is 0 Å². The smallest absolute Gasteiger partial charge is 0.0730 e. The summed E-state index contributed by atoms with van der Waals surface area (Å²) in [5, 5.41) is 12.6. The maximum Gasteiger partial charge on any atom is 0.0730 e. The SMILES string of the molecule is CCCCCCCCCCC(CNc1c2ccccc2nc2ccccc12)Nc1c2ccccc2nc2ccccc12. The second kappa shape index (κ2) is 13.7. The molecule has 42 heavy (non-hydrogen) atoms. The number of anilines is 2. The number of pyridine rings is 2. The van der Waals surface area contributed by atoms with Gasteiger partial charge < -0.3 is 10.6 Å². The van der Waals surface area contributed by atoms with Gasteiger partial charge in [0.15, 0.2) is 0 Å². The van der Waals surface area contributed by atoms with Gasteiger partial charge in [-0.25, -0.2) is 9.97 Å². The van der Waals surface area contributed by atoms with Gasteiger partial charge in [0.25, 0.3) is 0 Å². The van der Waals surface area contributed by atoms with Crippen molar-refractivity contribution in [1.82, 2.24) is 9.97 Å². The molecule has 4 heteroatoms. The summed E-state index contributed by atoms with van der Waals surface area (Å²) in [5.74, 6) is 0. The highest BCUT2D eigenvalue weighted by molar-refractivity contribution is 6.08. The second-order valence-electron chi connectivity index (χ2n) is 11.5. The van der Waals surface area contributed by atoms with Crippen LogP contribution in [0.25, 0.3) is 43.6 Å². The van der Waals surface area contributed by atoms with Crippen molar-refractivity contribution in [2.24, 2.45) is 0 Å². The monoisotopic (exact) mass is 554 g/mol. The summed E-state index contributed by atoms with van der Waals surface area (Å²) in [7, 11) is 0. The minimum absolute atomic E-state index is 0.255. The van der Waals surface area contributed by atoms with Gasteiger partial charge in [0, 0.05) is 34.1 Å². The zero-order valence-electron chi connectivity index (χ0n) is 24.8. The Morgan fingerprint density at radius 3 is 1.38 bits per heavy atom. The molecular formula is C38H42N4. The third-order valence-electron chi connectivity index (χ3n) is 8.46. The first-order valence-electron chi connectivity index (χ1n) is 15.9. The van der Waals surface area contributed by atoms with Gasteiger partial charge in [-0.15, -0.1) is 0 Å². The van der Waals surface area contributed by atoms with E-state index in [-0.39, 0.29) is 6.04 Å². The summed E-state index contributed by atoms with van der Waals surface area (Å²) in [6, 6.07) is 34.2. The van der Waals surface area contributed by atoms with E-state index in [1.165, 1.54) is 84.3 Å². The summed E-state index contributed by atoms with van der Waals surface area (Å²) in [6.07, 6.45) is 11.7. The van der Waals surface area contributed by atoms with E-state index in [1.54, 1.807) is 0 Å². The summed E-state index contributed by atoms with van der Waals surface area (Å²) >= 11 is 0. The van der Waals surface area contributed by atoms with E-state index in [0.717, 1.165) is 35.0 Å². The van der Waals surface area contributed by atoms with Crippen molar-refractivity contribution in [2.75, 3.05) is 17.2 Å². The van der Waals surface area contributed by atoms with Crippen molar-refractivity contribution in [1.29, 1.82) is 0 Å². The molecule has 0 amide bonds. The third-order valence-corrected chi connectivity index (χ3v) is 8.46. The summed E-state index contributed by atoms with van der Waals surface area (Å²) < 4.78 is 0. The average molecular weight is 555 g/mol. The van der Waals surface area contributed by atoms with Gasteiger partial charge in [0.05, 0.1) is 33.4 Å². The fraction of sp³-hybridized carbons (Fsp3) is 0.316. The van der Waals surface area contributed by atoms with Gasteiger partial charge in [0.2, 0.25) is 0 Å². The minimum Gasteiger partial charge on any atom is -0.382 e. The molecule has 0 saturated heterocycles. The molecule has 214 valence electrons. The molecular weight excluding hydrogens is 512 g/mol. The molecule has 1 atom stereocenters. The number of rotatable bonds is 14. The Kier molecular flexibility index (Phi) is 9.09. The van der Waals surface area contributed by atoms with Crippen molar-refractivity contribution >= 4 is 55.0 Å². The molecule has 0 fully saturated rings. The Hall–Kier alpha value is -4.18. The lowest BCUT2D eigenvalue weighted by Gasteiger charge is -2.24. The topological polar surface area (TPSA) is 49.8 Å². The predicted octanol–water partition coefficient (Wildman–Crippen LogP) is 10.5. The van der Waals surface area contributed by atoms with Crippen LogP contribution in [-0.2, 0) is 0 Å². The number of fused-ring (bicyclic) bond motifs is 4. The first-order valence-corrected chi connectivity index (χ1v) is 15.9. The summed E-state index contributed by atoms with van der Waals surface area (Å²) in [4.78, 5) is 9.90. The molecule has 1 unspecified atom stereocenters.